The van der Waals surface area contributed by atoms with Crippen LogP contribution in [0.5, 0.6) is 0 Å². The molecule has 0 atom stereocenters. The lowest BCUT2D eigenvalue weighted by atomic mass is 10.2. The van der Waals surface area contributed by atoms with Crippen LogP contribution in [0.4, 0.5) is 18.9 Å². The van der Waals surface area contributed by atoms with Crippen molar-refractivity contribution in [3.63, 3.8) is 0 Å². The number of halogens is 3. The van der Waals surface area contributed by atoms with Gasteiger partial charge < -0.3 is 5.73 Å². The topological polar surface area (TPSA) is 38.9 Å². The van der Waals surface area contributed by atoms with E-state index in [9.17, 15) is 13.2 Å². The number of hydrogen-bond acceptors (Lipinski definition) is 2. The SMILES string of the molecule is Nc1ccc(CCC(F)(F)F)nc1. The first kappa shape index (κ1) is 9.83. The second kappa shape index (κ2) is 3.64. The van der Waals surface area contributed by atoms with E-state index in [1.165, 1.54) is 12.3 Å². The van der Waals surface area contributed by atoms with Gasteiger partial charge in [0, 0.05) is 12.1 Å². The van der Waals surface area contributed by atoms with Gasteiger partial charge in [-0.3, -0.25) is 4.98 Å². The summed E-state index contributed by atoms with van der Waals surface area (Å²) in [7, 11) is 0. The van der Waals surface area contributed by atoms with Crippen LogP contribution >= 0.6 is 0 Å². The molecule has 0 fully saturated rings. The van der Waals surface area contributed by atoms with Gasteiger partial charge in [-0.05, 0) is 18.6 Å². The second-order valence-corrected chi connectivity index (χ2v) is 2.70. The zero-order valence-corrected chi connectivity index (χ0v) is 6.80. The Hall–Kier alpha value is -1.26. The minimum Gasteiger partial charge on any atom is -0.397 e. The van der Waals surface area contributed by atoms with Gasteiger partial charge in [-0.1, -0.05) is 0 Å². The van der Waals surface area contributed by atoms with Gasteiger partial charge in [-0.25, -0.2) is 0 Å². The van der Waals surface area contributed by atoms with Crippen molar-refractivity contribution in [2.75, 3.05) is 5.73 Å². The van der Waals surface area contributed by atoms with Gasteiger partial charge >= 0.3 is 6.18 Å². The molecule has 2 N–H and O–H groups in total. The van der Waals surface area contributed by atoms with Crippen molar-refractivity contribution in [2.24, 2.45) is 0 Å². The van der Waals surface area contributed by atoms with E-state index in [2.05, 4.69) is 4.98 Å². The fraction of sp³-hybridized carbons (Fsp3) is 0.375. The Balaban J connectivity index is 2.51. The van der Waals surface area contributed by atoms with Crippen molar-refractivity contribution in [3.05, 3.63) is 24.0 Å². The molecule has 1 rings (SSSR count). The Labute approximate surface area is 73.6 Å². The van der Waals surface area contributed by atoms with Gasteiger partial charge in [-0.15, -0.1) is 0 Å². The van der Waals surface area contributed by atoms with Crippen LogP contribution in [0.25, 0.3) is 0 Å². The van der Waals surface area contributed by atoms with Crippen LogP contribution in [-0.2, 0) is 6.42 Å². The third-order valence-corrected chi connectivity index (χ3v) is 1.51. The van der Waals surface area contributed by atoms with Crippen LogP contribution in [0.1, 0.15) is 12.1 Å². The van der Waals surface area contributed by atoms with E-state index >= 15 is 0 Å². The van der Waals surface area contributed by atoms with Crippen molar-refractivity contribution < 1.29 is 13.2 Å². The maximum atomic E-state index is 11.8. The Bertz CT molecular complexity index is 266. The molecule has 2 nitrogen and oxygen atoms in total. The monoisotopic (exact) mass is 190 g/mol. The first-order chi connectivity index (χ1) is 5.97. The highest BCUT2D eigenvalue weighted by Crippen LogP contribution is 2.21. The summed E-state index contributed by atoms with van der Waals surface area (Å²) in [5.41, 5.74) is 6.19. The molecule has 0 spiro atoms. The number of aromatic nitrogens is 1. The quantitative estimate of drug-likeness (QED) is 0.776. The van der Waals surface area contributed by atoms with Crippen LogP contribution in [0.15, 0.2) is 18.3 Å². The summed E-state index contributed by atoms with van der Waals surface area (Å²) in [5, 5.41) is 0. The highest BCUT2D eigenvalue weighted by atomic mass is 19.4. The number of rotatable bonds is 2. The molecule has 0 saturated heterocycles. The summed E-state index contributed by atoms with van der Waals surface area (Å²) >= 11 is 0. The second-order valence-electron chi connectivity index (χ2n) is 2.70. The van der Waals surface area contributed by atoms with Crippen LogP contribution in [0.3, 0.4) is 0 Å². The summed E-state index contributed by atoms with van der Waals surface area (Å²) in [4.78, 5) is 3.76. The van der Waals surface area contributed by atoms with E-state index in [0.29, 0.717) is 11.4 Å². The van der Waals surface area contributed by atoms with E-state index in [1.54, 1.807) is 6.07 Å². The van der Waals surface area contributed by atoms with E-state index in [0.717, 1.165) is 0 Å². The molecule has 0 amide bonds. The van der Waals surface area contributed by atoms with Crippen LogP contribution in [0, 0.1) is 0 Å². The molecule has 0 bridgehead atoms. The standard InChI is InChI=1S/C8H9F3N2/c9-8(10,11)4-3-7-2-1-6(12)5-13-7/h1-2,5H,3-4,12H2. The zero-order valence-electron chi connectivity index (χ0n) is 6.80. The maximum absolute atomic E-state index is 11.8. The number of nitrogens with two attached hydrogens (primary N) is 1. The molecule has 0 unspecified atom stereocenters. The third-order valence-electron chi connectivity index (χ3n) is 1.51. The molecule has 1 heterocycles. The number of anilines is 1. The number of nitrogen functional groups attached to an aromatic ring is 1. The first-order valence-electron chi connectivity index (χ1n) is 3.74. The van der Waals surface area contributed by atoms with Gasteiger partial charge in [0.25, 0.3) is 0 Å². The Morgan fingerprint density at radius 3 is 2.46 bits per heavy atom. The fourth-order valence-electron chi connectivity index (χ4n) is 0.854. The molecule has 0 aliphatic carbocycles. The number of hydrogen-bond donors (Lipinski definition) is 1. The van der Waals surface area contributed by atoms with Crippen LogP contribution < -0.4 is 5.73 Å². The average Bonchev–Trinajstić information content (AvgIpc) is 2.02. The van der Waals surface area contributed by atoms with Gasteiger partial charge in [0.2, 0.25) is 0 Å². The summed E-state index contributed by atoms with van der Waals surface area (Å²) in [6.07, 6.45) is -3.71. The molecule has 0 aromatic carbocycles. The molecule has 0 saturated carbocycles. The van der Waals surface area contributed by atoms with Gasteiger partial charge in [0.15, 0.2) is 0 Å². The molecule has 1 aromatic heterocycles. The predicted molar refractivity (Wildman–Crippen MR) is 43.0 cm³/mol. The van der Waals surface area contributed by atoms with Gasteiger partial charge in [0.1, 0.15) is 0 Å². The lowest BCUT2D eigenvalue weighted by Gasteiger charge is -2.04. The Kier molecular flexibility index (Phi) is 2.75. The van der Waals surface area contributed by atoms with Gasteiger partial charge in [0.05, 0.1) is 11.9 Å². The fourth-order valence-corrected chi connectivity index (χ4v) is 0.854. The minimum absolute atomic E-state index is 0.0935. The molecule has 0 aliphatic heterocycles. The van der Waals surface area contributed by atoms with Crippen molar-refractivity contribution in [3.8, 4) is 0 Å². The Morgan fingerprint density at radius 1 is 1.31 bits per heavy atom. The number of alkyl halides is 3. The largest absolute Gasteiger partial charge is 0.397 e. The van der Waals surface area contributed by atoms with E-state index in [-0.39, 0.29) is 6.42 Å². The van der Waals surface area contributed by atoms with Crippen molar-refractivity contribution in [1.82, 2.24) is 4.98 Å². The summed E-state index contributed by atoms with van der Waals surface area (Å²) in [6.45, 7) is 0. The highest BCUT2D eigenvalue weighted by molar-refractivity contribution is 5.34. The molecular weight excluding hydrogens is 181 g/mol. The molecule has 0 aliphatic rings. The van der Waals surface area contributed by atoms with E-state index < -0.39 is 12.6 Å². The summed E-state index contributed by atoms with van der Waals surface area (Å²) in [6, 6.07) is 3.04. The lowest BCUT2D eigenvalue weighted by Crippen LogP contribution is -2.09. The van der Waals surface area contributed by atoms with Crippen molar-refractivity contribution in [2.45, 2.75) is 19.0 Å². The predicted octanol–water partition coefficient (Wildman–Crippen LogP) is 2.16. The molecule has 0 radical (unpaired) electrons. The third kappa shape index (κ3) is 3.78. The molecule has 13 heavy (non-hydrogen) atoms. The smallest absolute Gasteiger partial charge is 0.389 e. The zero-order chi connectivity index (χ0) is 9.90. The first-order valence-corrected chi connectivity index (χ1v) is 3.74. The van der Waals surface area contributed by atoms with Crippen LogP contribution in [0.2, 0.25) is 0 Å². The van der Waals surface area contributed by atoms with Crippen LogP contribution in [-0.4, -0.2) is 11.2 Å². The van der Waals surface area contributed by atoms with Crippen molar-refractivity contribution >= 4 is 5.69 Å². The normalized spacial score (nSPS) is 11.6. The van der Waals surface area contributed by atoms with E-state index in [4.69, 9.17) is 5.73 Å². The van der Waals surface area contributed by atoms with E-state index in [1.807, 2.05) is 0 Å². The molecular formula is C8H9F3N2. The molecule has 5 heteroatoms. The average molecular weight is 190 g/mol. The maximum Gasteiger partial charge on any atom is 0.389 e. The molecule has 1 aromatic rings. The summed E-state index contributed by atoms with van der Waals surface area (Å²) < 4.78 is 35.3. The number of nitrogens with zero attached hydrogens (tertiary/aromatic N) is 1. The van der Waals surface area contributed by atoms with Gasteiger partial charge in [-0.2, -0.15) is 13.2 Å². The number of aryl methyl sites for hydroxylation is 1. The summed E-state index contributed by atoms with van der Waals surface area (Å²) in [5.74, 6) is 0. The van der Waals surface area contributed by atoms with Crippen molar-refractivity contribution in [1.29, 1.82) is 0 Å². The molecule has 72 valence electrons. The highest BCUT2D eigenvalue weighted by Gasteiger charge is 2.26. The number of pyridine rings is 1. The Morgan fingerprint density at radius 2 is 2.00 bits per heavy atom. The lowest BCUT2D eigenvalue weighted by molar-refractivity contribution is -0.134. The minimum atomic E-state index is -4.12.